The maximum absolute atomic E-state index is 15.0. The minimum atomic E-state index is -2.13. The first-order valence-corrected chi connectivity index (χ1v) is 19.7. The second-order valence-electron chi connectivity index (χ2n) is 18.0. The molecule has 0 aromatic heterocycles. The zero-order valence-electron chi connectivity index (χ0n) is 34.2. The molecule has 1 heterocycles. The third-order valence-electron chi connectivity index (χ3n) is 13.1. The lowest BCUT2D eigenvalue weighted by atomic mass is 9.42. The van der Waals surface area contributed by atoms with E-state index in [9.17, 15) is 39.6 Å². The van der Waals surface area contributed by atoms with Crippen LogP contribution < -0.4 is 5.32 Å². The van der Waals surface area contributed by atoms with Gasteiger partial charge >= 0.3 is 18.0 Å². The molecule has 2 saturated carbocycles. The van der Waals surface area contributed by atoms with Gasteiger partial charge in [0.25, 0.3) is 0 Å². The summed E-state index contributed by atoms with van der Waals surface area (Å²) in [5.74, 6) is -5.76. The van der Waals surface area contributed by atoms with E-state index in [1.165, 1.54) is 13.8 Å². The molecule has 58 heavy (non-hydrogen) atoms. The summed E-state index contributed by atoms with van der Waals surface area (Å²) >= 11 is 0. The number of Topliss-reactive ketones (excluding diaryl/α,β-unsaturated/α-hetero) is 2. The fourth-order valence-corrected chi connectivity index (χ4v) is 10.2. The Morgan fingerprint density at radius 1 is 0.983 bits per heavy atom. The standard InChI is InChI=1S/C44H55NO13/c1-23-29(56-38(52)35(50)33(26-17-13-10-14-18-26)45-39(53)58-40(3,4)5)21-44(54)27(19-28(47)25-15-11-9-12-16-25)36-42(8,37(51)34(49)32(23)41(44,6)7)30(48)20-31-43(36,22-55-31)57-24(2)46/h9-18,27,29-31,33-36,48-50,54H,19-22H2,1-8H3,(H,45,53)/t27-,29-,30-,31+,33-,34+,35+,36?,42+,43-,44+/m0/s1. The topological polar surface area (TPSA) is 215 Å². The van der Waals surface area contributed by atoms with Gasteiger partial charge in [-0.2, -0.15) is 0 Å². The first-order valence-electron chi connectivity index (χ1n) is 19.7. The first kappa shape index (κ1) is 43.1. The van der Waals surface area contributed by atoms with Crippen LogP contribution in [0.15, 0.2) is 71.8 Å². The largest absolute Gasteiger partial charge is 0.456 e. The Balaban J connectivity index is 1.49. The van der Waals surface area contributed by atoms with Crippen molar-refractivity contribution >= 4 is 29.6 Å². The molecule has 2 bridgehead atoms. The molecular weight excluding hydrogens is 750 g/mol. The summed E-state index contributed by atoms with van der Waals surface area (Å²) in [5.41, 5.74) is -7.15. The molecule has 3 aliphatic carbocycles. The van der Waals surface area contributed by atoms with Crippen molar-refractivity contribution in [1.29, 1.82) is 0 Å². The van der Waals surface area contributed by atoms with Crippen LogP contribution in [0.4, 0.5) is 4.79 Å². The number of hydrogen-bond acceptors (Lipinski definition) is 13. The van der Waals surface area contributed by atoms with E-state index in [2.05, 4.69) is 5.32 Å². The Morgan fingerprint density at radius 3 is 2.14 bits per heavy atom. The lowest BCUT2D eigenvalue weighted by Gasteiger charge is -2.68. The van der Waals surface area contributed by atoms with E-state index in [1.54, 1.807) is 102 Å². The molecule has 14 nitrogen and oxygen atoms in total. The summed E-state index contributed by atoms with van der Waals surface area (Å²) in [5, 5.41) is 51.8. The van der Waals surface area contributed by atoms with E-state index < -0.39 is 118 Å². The van der Waals surface area contributed by atoms with Gasteiger partial charge in [-0.3, -0.25) is 14.4 Å². The maximum atomic E-state index is 15.0. The molecule has 1 saturated heterocycles. The lowest BCUT2D eigenvalue weighted by Crippen LogP contribution is -2.80. The summed E-state index contributed by atoms with van der Waals surface area (Å²) in [6.07, 6.45) is -9.58. The molecule has 11 atom stereocenters. The fraction of sp³-hybridized carbons (Fsp3) is 0.568. The number of ether oxygens (including phenoxy) is 4. The molecule has 1 amide bonds. The van der Waals surface area contributed by atoms with E-state index in [4.69, 9.17) is 18.9 Å². The summed E-state index contributed by atoms with van der Waals surface area (Å²) < 4.78 is 23.4. The summed E-state index contributed by atoms with van der Waals surface area (Å²) in [6.45, 7) is 12.2. The number of carbonyl (C=O) groups is 5. The summed E-state index contributed by atoms with van der Waals surface area (Å²) in [4.78, 5) is 69.3. The highest BCUT2D eigenvalue weighted by Crippen LogP contribution is 2.66. The van der Waals surface area contributed by atoms with Gasteiger partial charge in [-0.1, -0.05) is 74.5 Å². The van der Waals surface area contributed by atoms with Gasteiger partial charge in [0, 0.05) is 49.0 Å². The van der Waals surface area contributed by atoms with Crippen LogP contribution in [-0.4, -0.2) is 104 Å². The monoisotopic (exact) mass is 805 g/mol. The number of carbonyl (C=O) groups excluding carboxylic acids is 5. The molecule has 0 radical (unpaired) electrons. The van der Waals surface area contributed by atoms with Gasteiger partial charge in [0.2, 0.25) is 0 Å². The Hall–Kier alpha value is -4.47. The molecule has 1 unspecified atom stereocenters. The number of aliphatic hydroxyl groups excluding tert-OH is 3. The zero-order chi connectivity index (χ0) is 42.7. The third kappa shape index (κ3) is 7.16. The Morgan fingerprint density at radius 2 is 1.59 bits per heavy atom. The molecule has 4 aliphatic rings. The molecule has 6 rings (SSSR count). The number of benzene rings is 2. The predicted octanol–water partition coefficient (Wildman–Crippen LogP) is 3.92. The Bertz CT molecular complexity index is 1970. The van der Waals surface area contributed by atoms with Gasteiger partial charge in [-0.05, 0) is 51.3 Å². The van der Waals surface area contributed by atoms with Crippen LogP contribution >= 0.6 is 0 Å². The van der Waals surface area contributed by atoms with Crippen LogP contribution in [0, 0.1) is 22.7 Å². The van der Waals surface area contributed by atoms with Crippen molar-refractivity contribution in [3.63, 3.8) is 0 Å². The second-order valence-corrected chi connectivity index (χ2v) is 18.0. The van der Waals surface area contributed by atoms with Crippen molar-refractivity contribution in [3.8, 4) is 0 Å². The van der Waals surface area contributed by atoms with E-state index >= 15 is 4.79 Å². The fourth-order valence-electron chi connectivity index (χ4n) is 10.2. The van der Waals surface area contributed by atoms with Crippen LogP contribution in [0.1, 0.15) is 96.6 Å². The minimum absolute atomic E-state index is 0.0163. The summed E-state index contributed by atoms with van der Waals surface area (Å²) in [7, 11) is 0. The highest BCUT2D eigenvalue weighted by atomic mass is 16.6. The van der Waals surface area contributed by atoms with Crippen LogP contribution in [0.3, 0.4) is 0 Å². The normalized spacial score (nSPS) is 33.8. The molecule has 3 fully saturated rings. The van der Waals surface area contributed by atoms with Crippen molar-refractivity contribution in [2.45, 2.75) is 128 Å². The van der Waals surface area contributed by atoms with Gasteiger partial charge in [-0.25, -0.2) is 9.59 Å². The quantitative estimate of drug-likeness (QED) is 0.105. The van der Waals surface area contributed by atoms with Gasteiger partial charge in [0.15, 0.2) is 23.3 Å². The van der Waals surface area contributed by atoms with Crippen LogP contribution in [0.25, 0.3) is 0 Å². The molecule has 2 aromatic rings. The van der Waals surface area contributed by atoms with Gasteiger partial charge < -0.3 is 44.7 Å². The van der Waals surface area contributed by atoms with Crippen molar-refractivity contribution in [3.05, 3.63) is 82.9 Å². The van der Waals surface area contributed by atoms with E-state index in [-0.39, 0.29) is 24.2 Å². The molecule has 1 aliphatic heterocycles. The van der Waals surface area contributed by atoms with Crippen molar-refractivity contribution in [1.82, 2.24) is 5.32 Å². The minimum Gasteiger partial charge on any atom is -0.456 e. The first-order chi connectivity index (χ1) is 27.0. The number of fused-ring (bicyclic) bond motifs is 5. The van der Waals surface area contributed by atoms with Crippen molar-refractivity contribution in [2.24, 2.45) is 22.7 Å². The number of alkyl carbamates (subject to hydrolysis) is 1. The lowest BCUT2D eigenvalue weighted by molar-refractivity contribution is -0.339. The number of hydrogen-bond donors (Lipinski definition) is 5. The van der Waals surface area contributed by atoms with Crippen molar-refractivity contribution in [2.75, 3.05) is 6.61 Å². The second kappa shape index (κ2) is 15.3. The third-order valence-corrected chi connectivity index (χ3v) is 13.1. The molecule has 2 aromatic carbocycles. The average molecular weight is 806 g/mol. The van der Waals surface area contributed by atoms with Gasteiger partial charge in [0.1, 0.15) is 23.9 Å². The summed E-state index contributed by atoms with van der Waals surface area (Å²) in [6, 6.07) is 15.2. The molecular formula is C44H55NO13. The number of amides is 1. The number of aliphatic hydroxyl groups is 4. The van der Waals surface area contributed by atoms with Gasteiger partial charge in [-0.15, -0.1) is 0 Å². The number of ketones is 2. The highest BCUT2D eigenvalue weighted by molar-refractivity contribution is 5.97. The molecule has 14 heteroatoms. The Kier molecular flexibility index (Phi) is 11.4. The number of esters is 2. The average Bonchev–Trinajstić information content (AvgIpc) is 3.14. The van der Waals surface area contributed by atoms with Crippen LogP contribution in [0.5, 0.6) is 0 Å². The van der Waals surface area contributed by atoms with E-state index in [1.807, 2.05) is 0 Å². The zero-order valence-corrected chi connectivity index (χ0v) is 34.2. The maximum Gasteiger partial charge on any atom is 0.408 e. The predicted molar refractivity (Wildman–Crippen MR) is 207 cm³/mol. The van der Waals surface area contributed by atoms with E-state index in [0.29, 0.717) is 11.1 Å². The van der Waals surface area contributed by atoms with Gasteiger partial charge in [0.05, 0.1) is 29.8 Å². The molecule has 0 spiro atoms. The van der Waals surface area contributed by atoms with Crippen LogP contribution in [-0.2, 0) is 33.3 Å². The smallest absolute Gasteiger partial charge is 0.408 e. The number of nitrogens with one attached hydrogen (secondary N) is 1. The highest BCUT2D eigenvalue weighted by Gasteiger charge is 2.76. The molecule has 5 N–H and O–H groups in total. The Labute approximate surface area is 337 Å². The van der Waals surface area contributed by atoms with Crippen LogP contribution in [0.2, 0.25) is 0 Å². The number of rotatable bonds is 9. The molecule has 314 valence electrons. The SMILES string of the molecule is CC(=O)O[C@@]12CO[C@@H]1C[C@H](O)[C@@]1(C)C(=O)[C@H](O)C3=C(C)[C@@H](OC(=O)[C@H](O)[C@@H](NC(=O)OC(C)(C)C)c4ccccc4)C[C@@](O)([C@@H](CC(=O)c4ccccc4)C12)C3(C)C. The van der Waals surface area contributed by atoms with Crippen molar-refractivity contribution < 1.29 is 63.3 Å². The van der Waals surface area contributed by atoms with E-state index in [0.717, 1.165) is 0 Å².